The van der Waals surface area contributed by atoms with E-state index in [0.29, 0.717) is 6.54 Å². The Morgan fingerprint density at radius 2 is 1.91 bits per heavy atom. The first-order valence-electron chi connectivity index (χ1n) is 6.81. The molecular formula is C14H15N5O4. The van der Waals surface area contributed by atoms with Crippen LogP contribution in [0.3, 0.4) is 0 Å². The molecule has 0 aliphatic carbocycles. The summed E-state index contributed by atoms with van der Waals surface area (Å²) >= 11 is 0. The Morgan fingerprint density at radius 1 is 1.26 bits per heavy atom. The van der Waals surface area contributed by atoms with Gasteiger partial charge in [0.1, 0.15) is 0 Å². The normalized spacial score (nSPS) is 10.2. The monoisotopic (exact) mass is 317 g/mol. The summed E-state index contributed by atoms with van der Waals surface area (Å²) in [5.74, 6) is -0.906. The first kappa shape index (κ1) is 16.1. The van der Waals surface area contributed by atoms with Crippen molar-refractivity contribution in [2.24, 2.45) is 0 Å². The van der Waals surface area contributed by atoms with E-state index in [1.54, 1.807) is 6.20 Å². The van der Waals surface area contributed by atoms with Crippen molar-refractivity contribution in [3.05, 3.63) is 51.8 Å². The van der Waals surface area contributed by atoms with Crippen LogP contribution in [0.1, 0.15) is 27.8 Å². The summed E-state index contributed by atoms with van der Waals surface area (Å²) in [7, 11) is 1.47. The molecule has 0 radical (unpaired) electrons. The Morgan fingerprint density at radius 3 is 2.43 bits per heavy atom. The SMILES string of the molecule is CCn1cc(NC(=O)c2ccc([N+](=O)[O-])cc2)c(C(=O)NC)n1. The van der Waals surface area contributed by atoms with Gasteiger partial charge in [-0.3, -0.25) is 24.4 Å². The Labute approximate surface area is 131 Å². The third-order valence-corrected chi connectivity index (χ3v) is 3.12. The van der Waals surface area contributed by atoms with Gasteiger partial charge in [0, 0.05) is 37.5 Å². The van der Waals surface area contributed by atoms with Crippen molar-refractivity contribution in [3.63, 3.8) is 0 Å². The van der Waals surface area contributed by atoms with Crippen molar-refractivity contribution in [3.8, 4) is 0 Å². The minimum absolute atomic E-state index is 0.101. The summed E-state index contributed by atoms with van der Waals surface area (Å²) in [5, 5.41) is 19.7. The average Bonchev–Trinajstić information content (AvgIpc) is 2.97. The molecule has 2 N–H and O–H groups in total. The second-order valence-electron chi connectivity index (χ2n) is 4.58. The van der Waals surface area contributed by atoms with Gasteiger partial charge in [0.05, 0.1) is 10.6 Å². The molecule has 2 aromatic rings. The van der Waals surface area contributed by atoms with Crippen molar-refractivity contribution >= 4 is 23.2 Å². The average molecular weight is 317 g/mol. The van der Waals surface area contributed by atoms with Gasteiger partial charge in [-0.05, 0) is 19.1 Å². The zero-order valence-corrected chi connectivity index (χ0v) is 12.6. The molecule has 1 aromatic carbocycles. The van der Waals surface area contributed by atoms with E-state index < -0.39 is 16.7 Å². The fourth-order valence-corrected chi connectivity index (χ4v) is 1.89. The molecule has 0 saturated carbocycles. The molecular weight excluding hydrogens is 302 g/mol. The van der Waals surface area contributed by atoms with Gasteiger partial charge in [-0.2, -0.15) is 5.10 Å². The number of aromatic nitrogens is 2. The van der Waals surface area contributed by atoms with Gasteiger partial charge in [-0.25, -0.2) is 0 Å². The Hall–Kier alpha value is -3.23. The number of amides is 2. The van der Waals surface area contributed by atoms with E-state index in [1.165, 1.54) is 36.0 Å². The van der Waals surface area contributed by atoms with E-state index in [2.05, 4.69) is 15.7 Å². The van der Waals surface area contributed by atoms with Crippen LogP contribution in [0.25, 0.3) is 0 Å². The number of non-ortho nitro benzene ring substituents is 1. The predicted octanol–water partition coefficient (Wildman–Crippen LogP) is 1.42. The molecule has 0 atom stereocenters. The zero-order valence-electron chi connectivity index (χ0n) is 12.6. The molecule has 0 spiro atoms. The lowest BCUT2D eigenvalue weighted by molar-refractivity contribution is -0.384. The van der Waals surface area contributed by atoms with Gasteiger partial charge < -0.3 is 10.6 Å². The van der Waals surface area contributed by atoms with Gasteiger partial charge in [-0.15, -0.1) is 0 Å². The highest BCUT2D eigenvalue weighted by atomic mass is 16.6. The molecule has 120 valence electrons. The smallest absolute Gasteiger partial charge is 0.273 e. The van der Waals surface area contributed by atoms with Crippen LogP contribution >= 0.6 is 0 Å². The number of rotatable bonds is 5. The van der Waals surface area contributed by atoms with E-state index in [4.69, 9.17) is 0 Å². The molecule has 0 aliphatic rings. The summed E-state index contributed by atoms with van der Waals surface area (Å²) in [5.41, 5.74) is 0.508. The lowest BCUT2D eigenvalue weighted by atomic mass is 10.2. The minimum atomic E-state index is -0.545. The lowest BCUT2D eigenvalue weighted by Gasteiger charge is -2.04. The molecule has 0 fully saturated rings. The third kappa shape index (κ3) is 3.51. The molecule has 1 aromatic heterocycles. The molecule has 0 aliphatic heterocycles. The van der Waals surface area contributed by atoms with E-state index in [9.17, 15) is 19.7 Å². The maximum Gasteiger partial charge on any atom is 0.273 e. The first-order valence-corrected chi connectivity index (χ1v) is 6.81. The van der Waals surface area contributed by atoms with E-state index >= 15 is 0 Å². The molecule has 2 rings (SSSR count). The molecule has 0 unspecified atom stereocenters. The number of hydrogen-bond donors (Lipinski definition) is 2. The summed E-state index contributed by atoms with van der Waals surface area (Å²) < 4.78 is 1.52. The van der Waals surface area contributed by atoms with Crippen LogP contribution in [0, 0.1) is 10.1 Å². The number of benzene rings is 1. The number of nitro benzene ring substituents is 1. The van der Waals surface area contributed by atoms with E-state index in [-0.39, 0.29) is 22.6 Å². The van der Waals surface area contributed by atoms with Crippen molar-refractivity contribution < 1.29 is 14.5 Å². The first-order chi connectivity index (χ1) is 11.0. The number of nitrogens with one attached hydrogen (secondary N) is 2. The van der Waals surface area contributed by atoms with Gasteiger partial charge in [0.25, 0.3) is 17.5 Å². The molecule has 0 saturated heterocycles. The fraction of sp³-hybridized carbons (Fsp3) is 0.214. The molecule has 23 heavy (non-hydrogen) atoms. The number of nitrogens with zero attached hydrogens (tertiary/aromatic N) is 3. The van der Waals surface area contributed by atoms with Crippen LogP contribution in [0.5, 0.6) is 0 Å². The van der Waals surface area contributed by atoms with Crippen LogP contribution < -0.4 is 10.6 Å². The van der Waals surface area contributed by atoms with Crippen LogP contribution in [-0.4, -0.2) is 33.6 Å². The maximum absolute atomic E-state index is 12.2. The van der Waals surface area contributed by atoms with Crippen molar-refractivity contribution in [2.75, 3.05) is 12.4 Å². The van der Waals surface area contributed by atoms with Gasteiger partial charge in [-0.1, -0.05) is 0 Å². The molecule has 1 heterocycles. The van der Waals surface area contributed by atoms with Gasteiger partial charge in [0.2, 0.25) is 0 Å². The molecule has 9 nitrogen and oxygen atoms in total. The van der Waals surface area contributed by atoms with Crippen LogP contribution in [0.4, 0.5) is 11.4 Å². The highest BCUT2D eigenvalue weighted by Crippen LogP contribution is 2.17. The summed E-state index contributed by atoms with van der Waals surface area (Å²) in [6.07, 6.45) is 1.55. The summed E-state index contributed by atoms with van der Waals surface area (Å²) in [4.78, 5) is 34.1. The van der Waals surface area contributed by atoms with Crippen molar-refractivity contribution in [2.45, 2.75) is 13.5 Å². The number of aryl methyl sites for hydroxylation is 1. The topological polar surface area (TPSA) is 119 Å². The van der Waals surface area contributed by atoms with Crippen molar-refractivity contribution in [1.82, 2.24) is 15.1 Å². The second kappa shape index (κ2) is 6.69. The predicted molar refractivity (Wildman–Crippen MR) is 82.3 cm³/mol. The Kier molecular flexibility index (Phi) is 4.69. The zero-order chi connectivity index (χ0) is 17.0. The quantitative estimate of drug-likeness (QED) is 0.638. The highest BCUT2D eigenvalue weighted by Gasteiger charge is 2.18. The minimum Gasteiger partial charge on any atom is -0.354 e. The van der Waals surface area contributed by atoms with E-state index in [0.717, 1.165) is 0 Å². The van der Waals surface area contributed by atoms with Gasteiger partial charge >= 0.3 is 0 Å². The fourth-order valence-electron chi connectivity index (χ4n) is 1.89. The Balaban J connectivity index is 2.24. The molecule has 2 amide bonds. The number of nitro groups is 1. The van der Waals surface area contributed by atoms with E-state index in [1.807, 2.05) is 6.92 Å². The van der Waals surface area contributed by atoms with Crippen LogP contribution in [-0.2, 0) is 6.54 Å². The molecule has 0 bridgehead atoms. The second-order valence-corrected chi connectivity index (χ2v) is 4.58. The summed E-state index contributed by atoms with van der Waals surface area (Å²) in [6, 6.07) is 5.17. The number of hydrogen-bond acceptors (Lipinski definition) is 5. The van der Waals surface area contributed by atoms with Crippen LogP contribution in [0.2, 0.25) is 0 Å². The molecule has 9 heteroatoms. The number of carbonyl (C=O) groups is 2. The largest absolute Gasteiger partial charge is 0.354 e. The lowest BCUT2D eigenvalue weighted by Crippen LogP contribution is -2.21. The van der Waals surface area contributed by atoms with Crippen molar-refractivity contribution in [1.29, 1.82) is 0 Å². The van der Waals surface area contributed by atoms with Gasteiger partial charge in [0.15, 0.2) is 5.69 Å². The maximum atomic E-state index is 12.2. The third-order valence-electron chi connectivity index (χ3n) is 3.12. The van der Waals surface area contributed by atoms with Crippen LogP contribution in [0.15, 0.2) is 30.5 Å². The standard InChI is InChI=1S/C14H15N5O4/c1-3-18-8-11(12(17-18)14(21)15-2)16-13(20)9-4-6-10(7-5-9)19(22)23/h4-8H,3H2,1-2H3,(H,15,21)(H,16,20). The highest BCUT2D eigenvalue weighted by molar-refractivity contribution is 6.08. The Bertz CT molecular complexity index is 751. The number of anilines is 1. The summed E-state index contributed by atoms with van der Waals surface area (Å²) in [6.45, 7) is 2.39. The number of carbonyl (C=O) groups excluding carboxylic acids is 2.